The van der Waals surface area contributed by atoms with E-state index in [1.165, 1.54) is 7.11 Å². The Morgan fingerprint density at radius 2 is 1.95 bits per heavy atom. The molecule has 9 nitrogen and oxygen atoms in total. The Bertz CT molecular complexity index is 1260. The summed E-state index contributed by atoms with van der Waals surface area (Å²) in [6.45, 7) is 5.54. The van der Waals surface area contributed by atoms with Crippen molar-refractivity contribution in [2.75, 3.05) is 44.8 Å². The first-order valence-electron chi connectivity index (χ1n) is 12.0. The van der Waals surface area contributed by atoms with Crippen molar-refractivity contribution in [3.63, 3.8) is 0 Å². The highest BCUT2D eigenvalue weighted by Crippen LogP contribution is 2.44. The van der Waals surface area contributed by atoms with Crippen LogP contribution in [0.2, 0.25) is 0 Å². The number of methoxy groups -OCH3 is 3. The third kappa shape index (κ3) is 5.46. The Balaban J connectivity index is 1.82. The number of nitrogens with one attached hydrogen (secondary N) is 2. The lowest BCUT2D eigenvalue weighted by molar-refractivity contribution is -0.119. The first kappa shape index (κ1) is 26.6. The third-order valence-corrected chi connectivity index (χ3v) is 6.87. The number of aromatic nitrogens is 2. The zero-order valence-electron chi connectivity index (χ0n) is 21.8. The summed E-state index contributed by atoms with van der Waals surface area (Å²) < 4.78 is 18.1. The van der Waals surface area contributed by atoms with Gasteiger partial charge < -0.3 is 34.3 Å². The first-order valence-corrected chi connectivity index (χ1v) is 12.4. The number of hydrogen-bond donors (Lipinski definition) is 2. The van der Waals surface area contributed by atoms with E-state index in [0.717, 1.165) is 34.9 Å². The minimum atomic E-state index is -0.273. The van der Waals surface area contributed by atoms with Crippen LogP contribution < -0.4 is 20.3 Å². The van der Waals surface area contributed by atoms with Crippen LogP contribution in [-0.2, 0) is 20.8 Å². The summed E-state index contributed by atoms with van der Waals surface area (Å²) in [6.07, 6.45) is 1.79. The second-order valence-electron chi connectivity index (χ2n) is 8.83. The van der Waals surface area contributed by atoms with Crippen molar-refractivity contribution in [3.05, 3.63) is 71.3 Å². The molecule has 2 unspecified atom stereocenters. The Morgan fingerprint density at radius 1 is 1.14 bits per heavy atom. The predicted molar refractivity (Wildman–Crippen MR) is 147 cm³/mol. The van der Waals surface area contributed by atoms with E-state index < -0.39 is 0 Å². The van der Waals surface area contributed by atoms with Gasteiger partial charge >= 0.3 is 0 Å². The monoisotopic (exact) mass is 523 g/mol. The van der Waals surface area contributed by atoms with E-state index >= 15 is 0 Å². The molecule has 0 bridgehead atoms. The Morgan fingerprint density at radius 3 is 2.62 bits per heavy atom. The average Bonchev–Trinajstić information content (AvgIpc) is 3.38. The molecule has 3 aromatic rings. The van der Waals surface area contributed by atoms with Crippen molar-refractivity contribution in [1.29, 1.82) is 0 Å². The van der Waals surface area contributed by atoms with Crippen LogP contribution in [0.25, 0.3) is 0 Å². The van der Waals surface area contributed by atoms with Gasteiger partial charge in [-0.15, -0.1) is 0 Å². The van der Waals surface area contributed by atoms with Gasteiger partial charge in [-0.3, -0.25) is 9.78 Å². The molecule has 2 aromatic heterocycles. The molecule has 1 fully saturated rings. The van der Waals surface area contributed by atoms with Crippen LogP contribution in [0.4, 0.5) is 11.4 Å². The van der Waals surface area contributed by atoms with Crippen LogP contribution in [0.3, 0.4) is 0 Å². The summed E-state index contributed by atoms with van der Waals surface area (Å²) in [5.41, 5.74) is 5.66. The van der Waals surface area contributed by atoms with E-state index in [4.69, 9.17) is 26.4 Å². The summed E-state index contributed by atoms with van der Waals surface area (Å²) in [4.78, 5) is 19.0. The van der Waals surface area contributed by atoms with E-state index in [1.54, 1.807) is 20.4 Å². The number of thiocarbonyl (C=S) groups is 1. The topological polar surface area (TPSA) is 89.9 Å². The van der Waals surface area contributed by atoms with Crippen LogP contribution in [-0.4, -0.2) is 55.1 Å². The van der Waals surface area contributed by atoms with Crippen molar-refractivity contribution in [1.82, 2.24) is 14.9 Å². The largest absolute Gasteiger partial charge is 0.495 e. The molecule has 1 saturated heterocycles. The molecule has 0 saturated carbocycles. The lowest BCUT2D eigenvalue weighted by atomic mass is 9.96. The summed E-state index contributed by atoms with van der Waals surface area (Å²) in [6, 6.07) is 13.4. The van der Waals surface area contributed by atoms with Gasteiger partial charge in [0.1, 0.15) is 12.4 Å². The smallest absolute Gasteiger partial charge is 0.250 e. The number of amides is 1. The fraction of sp³-hybridized carbons (Fsp3) is 0.370. The van der Waals surface area contributed by atoms with Crippen molar-refractivity contribution in [2.45, 2.75) is 32.5 Å². The van der Waals surface area contributed by atoms with Crippen molar-refractivity contribution in [3.8, 4) is 5.75 Å². The van der Waals surface area contributed by atoms with Crippen LogP contribution >= 0.6 is 12.2 Å². The SMILES string of the molecule is COCCn1c(C)cc(C2C(c3ccccn3)NC(=S)N2c2ccc(OC)c(NC(=O)COC)c2)c1C. The summed E-state index contributed by atoms with van der Waals surface area (Å²) in [7, 11) is 4.75. The van der Waals surface area contributed by atoms with Gasteiger partial charge in [0.05, 0.1) is 37.2 Å². The molecule has 196 valence electrons. The number of ether oxygens (including phenoxy) is 3. The molecule has 2 atom stereocenters. The molecule has 0 spiro atoms. The van der Waals surface area contributed by atoms with Crippen molar-refractivity contribution in [2.24, 2.45) is 0 Å². The minimum Gasteiger partial charge on any atom is -0.495 e. The first-order chi connectivity index (χ1) is 17.9. The zero-order chi connectivity index (χ0) is 26.5. The number of carbonyl (C=O) groups excluding carboxylic acids is 1. The maximum Gasteiger partial charge on any atom is 0.250 e. The highest BCUT2D eigenvalue weighted by atomic mass is 32.1. The van der Waals surface area contributed by atoms with Gasteiger partial charge in [0.15, 0.2) is 5.11 Å². The van der Waals surface area contributed by atoms with Crippen molar-refractivity contribution < 1.29 is 19.0 Å². The summed E-state index contributed by atoms with van der Waals surface area (Å²) in [5, 5.41) is 6.95. The second-order valence-corrected chi connectivity index (χ2v) is 9.22. The van der Waals surface area contributed by atoms with E-state index in [9.17, 15) is 4.79 Å². The van der Waals surface area contributed by atoms with E-state index in [2.05, 4.69) is 45.0 Å². The van der Waals surface area contributed by atoms with Gasteiger partial charge in [0, 0.05) is 44.0 Å². The molecular formula is C27H33N5O4S. The Labute approximate surface area is 222 Å². The van der Waals surface area contributed by atoms with Crippen LogP contribution in [0, 0.1) is 13.8 Å². The quantitative estimate of drug-likeness (QED) is 0.387. The van der Waals surface area contributed by atoms with Gasteiger partial charge in [-0.05, 0) is 68.0 Å². The third-order valence-electron chi connectivity index (χ3n) is 6.56. The van der Waals surface area contributed by atoms with Crippen molar-refractivity contribution >= 4 is 34.6 Å². The molecule has 0 radical (unpaired) electrons. The summed E-state index contributed by atoms with van der Waals surface area (Å²) >= 11 is 5.89. The number of pyridine rings is 1. The van der Waals surface area contributed by atoms with Gasteiger partial charge in [-0.1, -0.05) is 6.07 Å². The fourth-order valence-electron chi connectivity index (χ4n) is 4.86. The van der Waals surface area contributed by atoms with Gasteiger partial charge in [-0.25, -0.2) is 0 Å². The zero-order valence-corrected chi connectivity index (χ0v) is 22.6. The molecule has 4 rings (SSSR count). The lowest BCUT2D eigenvalue weighted by Crippen LogP contribution is -2.30. The molecule has 37 heavy (non-hydrogen) atoms. The average molecular weight is 524 g/mol. The fourth-order valence-corrected chi connectivity index (χ4v) is 5.21. The number of anilines is 2. The molecular weight excluding hydrogens is 490 g/mol. The summed E-state index contributed by atoms with van der Waals surface area (Å²) in [5.74, 6) is 0.270. The minimum absolute atomic E-state index is 0.0606. The molecule has 0 aliphatic carbocycles. The number of hydrogen-bond acceptors (Lipinski definition) is 6. The number of nitrogens with zero attached hydrogens (tertiary/aromatic N) is 3. The van der Waals surface area contributed by atoms with E-state index in [1.807, 2.05) is 36.4 Å². The molecule has 1 aromatic carbocycles. The lowest BCUT2D eigenvalue weighted by Gasteiger charge is -2.29. The van der Waals surface area contributed by atoms with E-state index in [0.29, 0.717) is 23.2 Å². The van der Waals surface area contributed by atoms with Crippen LogP contribution in [0.15, 0.2) is 48.7 Å². The van der Waals surface area contributed by atoms with Gasteiger partial charge in [-0.2, -0.15) is 0 Å². The second kappa shape index (κ2) is 11.7. The predicted octanol–water partition coefficient (Wildman–Crippen LogP) is 3.92. The number of carbonyl (C=O) groups is 1. The maximum absolute atomic E-state index is 12.3. The van der Waals surface area contributed by atoms with E-state index in [-0.39, 0.29) is 24.6 Å². The molecule has 2 N–H and O–H groups in total. The molecule has 3 heterocycles. The number of aryl methyl sites for hydroxylation is 1. The molecule has 10 heteroatoms. The standard InChI is InChI=1S/C27H33N5O4S/c1-17-14-20(18(2)31(17)12-13-34-3)26-25(21-8-6-7-11-28-21)30-27(37)32(26)19-9-10-23(36-5)22(15-19)29-24(33)16-35-4/h6-11,14-15,25-26H,12-13,16H2,1-5H3,(H,29,33)(H,30,37). The van der Waals surface area contributed by atoms with Gasteiger partial charge in [0.2, 0.25) is 5.91 Å². The van der Waals surface area contributed by atoms with Gasteiger partial charge in [0.25, 0.3) is 0 Å². The Kier molecular flexibility index (Phi) is 8.42. The highest BCUT2D eigenvalue weighted by Gasteiger charge is 2.42. The number of rotatable bonds is 10. The van der Waals surface area contributed by atoms with Crippen LogP contribution in [0.1, 0.15) is 34.7 Å². The number of benzene rings is 1. The Hall–Kier alpha value is -3.47. The molecule has 1 amide bonds. The highest BCUT2D eigenvalue weighted by molar-refractivity contribution is 7.80. The normalized spacial score (nSPS) is 17.1. The molecule has 1 aliphatic heterocycles. The molecule has 1 aliphatic rings. The van der Waals surface area contributed by atoms with Crippen LogP contribution in [0.5, 0.6) is 5.75 Å². The maximum atomic E-state index is 12.3.